The molecule has 0 unspecified atom stereocenters. The van der Waals surface area contributed by atoms with Gasteiger partial charge >= 0.3 is 0 Å². The zero-order valence-corrected chi connectivity index (χ0v) is 17.9. The molecule has 0 spiro atoms. The molecular formula is C29H27NO. The molecule has 5 rings (SSSR count). The summed E-state index contributed by atoms with van der Waals surface area (Å²) in [6, 6.07) is 23.6. The molecule has 154 valence electrons. The fourth-order valence-electron chi connectivity index (χ4n) is 3.92. The summed E-state index contributed by atoms with van der Waals surface area (Å²) in [6.07, 6.45) is -0.614. The smallest absolute Gasteiger partial charge is 0.144 e. The number of rotatable bonds is 3. The van der Waals surface area contributed by atoms with Gasteiger partial charge in [-0.15, -0.1) is 0 Å². The Bertz CT molecular complexity index is 1580. The number of pyridine rings is 1. The third-order valence-corrected chi connectivity index (χ3v) is 5.30. The third kappa shape index (κ3) is 3.74. The van der Waals surface area contributed by atoms with Crippen LogP contribution in [0.3, 0.4) is 0 Å². The van der Waals surface area contributed by atoms with Crippen molar-refractivity contribution in [2.24, 2.45) is 5.41 Å². The van der Waals surface area contributed by atoms with E-state index in [1.165, 1.54) is 6.20 Å². The van der Waals surface area contributed by atoms with Gasteiger partial charge < -0.3 is 4.42 Å². The number of hydrogen-bond acceptors (Lipinski definition) is 2. The SMILES string of the molecule is [2H]C([2H])([2H])c1cnc(-c2cccc3c2oc2cc(-c4ccccc4)ccc23)cc1C([2H])([2H])C(C)(C)C. The number of aryl methyl sites for hydroxylation is 1. The molecule has 0 aliphatic heterocycles. The van der Waals surface area contributed by atoms with Crippen LogP contribution in [0.15, 0.2) is 83.4 Å². The second-order valence-corrected chi connectivity index (χ2v) is 8.85. The average Bonchev–Trinajstić information content (AvgIpc) is 3.21. The van der Waals surface area contributed by atoms with Crippen LogP contribution in [0.2, 0.25) is 0 Å². The van der Waals surface area contributed by atoms with Crippen LogP contribution in [0.4, 0.5) is 0 Å². The molecule has 0 bridgehead atoms. The quantitative estimate of drug-likeness (QED) is 0.299. The molecule has 5 aromatic rings. The van der Waals surface area contributed by atoms with Gasteiger partial charge in [0, 0.05) is 29.4 Å². The molecule has 2 nitrogen and oxygen atoms in total. The van der Waals surface area contributed by atoms with E-state index < -0.39 is 18.6 Å². The number of fused-ring (bicyclic) bond motifs is 3. The summed E-state index contributed by atoms with van der Waals surface area (Å²) >= 11 is 0. The molecule has 0 amide bonds. The van der Waals surface area contributed by atoms with Crippen LogP contribution >= 0.6 is 0 Å². The Morgan fingerprint density at radius 1 is 0.903 bits per heavy atom. The molecule has 2 heterocycles. The average molecular weight is 411 g/mol. The van der Waals surface area contributed by atoms with Gasteiger partial charge in [-0.25, -0.2) is 0 Å². The molecule has 0 fully saturated rings. The Hall–Kier alpha value is -3.39. The Kier molecular flexibility index (Phi) is 3.48. The maximum Gasteiger partial charge on any atom is 0.144 e. The molecule has 2 aromatic heterocycles. The van der Waals surface area contributed by atoms with Crippen molar-refractivity contribution in [2.75, 3.05) is 0 Å². The van der Waals surface area contributed by atoms with Crippen molar-refractivity contribution < 1.29 is 11.3 Å². The van der Waals surface area contributed by atoms with Crippen LogP contribution in [0, 0.1) is 12.3 Å². The van der Waals surface area contributed by atoms with Crippen LogP contribution in [0.5, 0.6) is 0 Å². The normalized spacial score (nSPS) is 15.3. The lowest BCUT2D eigenvalue weighted by Crippen LogP contribution is -2.10. The largest absolute Gasteiger partial charge is 0.455 e. The minimum atomic E-state index is -2.49. The minimum absolute atomic E-state index is 0.0736. The predicted molar refractivity (Wildman–Crippen MR) is 130 cm³/mol. The number of para-hydroxylation sites is 1. The maximum absolute atomic E-state index is 8.82. The van der Waals surface area contributed by atoms with Crippen molar-refractivity contribution in [3.05, 3.63) is 90.1 Å². The first-order chi connectivity index (χ1) is 16.9. The van der Waals surface area contributed by atoms with Gasteiger partial charge in [-0.3, -0.25) is 4.98 Å². The van der Waals surface area contributed by atoms with Crippen molar-refractivity contribution in [1.29, 1.82) is 0 Å². The second kappa shape index (κ2) is 7.39. The number of benzene rings is 3. The van der Waals surface area contributed by atoms with Crippen molar-refractivity contribution in [3.8, 4) is 22.4 Å². The molecule has 0 aliphatic rings. The van der Waals surface area contributed by atoms with Crippen molar-refractivity contribution >= 4 is 21.9 Å². The van der Waals surface area contributed by atoms with Crippen LogP contribution in [0.1, 0.15) is 38.8 Å². The highest BCUT2D eigenvalue weighted by Crippen LogP contribution is 2.37. The number of nitrogens with zero attached hydrogens (tertiary/aromatic N) is 1. The standard InChI is InChI=1S/C29H27NO/c1-19-18-30-26(15-22(19)17-29(2,3)4)25-12-8-11-24-23-14-13-21(16-27(23)31-28(24)25)20-9-6-5-7-10-20/h5-16,18H,17H2,1-4H3/i1D3,17D2. The van der Waals surface area contributed by atoms with E-state index in [-0.39, 0.29) is 11.1 Å². The summed E-state index contributed by atoms with van der Waals surface area (Å²) in [7, 11) is 0. The highest BCUT2D eigenvalue weighted by Gasteiger charge is 2.17. The van der Waals surface area contributed by atoms with Crippen molar-refractivity contribution in [2.45, 2.75) is 34.0 Å². The van der Waals surface area contributed by atoms with Gasteiger partial charge in [0.25, 0.3) is 0 Å². The fourth-order valence-corrected chi connectivity index (χ4v) is 3.92. The summed E-state index contributed by atoms with van der Waals surface area (Å²) in [5, 5.41) is 1.89. The Morgan fingerprint density at radius 2 is 1.74 bits per heavy atom. The third-order valence-electron chi connectivity index (χ3n) is 5.30. The van der Waals surface area contributed by atoms with E-state index in [0.717, 1.165) is 27.5 Å². The molecule has 0 radical (unpaired) electrons. The highest BCUT2D eigenvalue weighted by molar-refractivity contribution is 6.10. The van der Waals surface area contributed by atoms with E-state index >= 15 is 0 Å². The summed E-state index contributed by atoms with van der Waals surface area (Å²) < 4.78 is 47.9. The molecule has 0 atom stereocenters. The van der Waals surface area contributed by atoms with E-state index in [1.54, 1.807) is 26.8 Å². The zero-order chi connectivity index (χ0) is 25.9. The Morgan fingerprint density at radius 3 is 2.52 bits per heavy atom. The van der Waals surface area contributed by atoms with Crippen LogP contribution in [-0.2, 0) is 6.37 Å². The van der Waals surface area contributed by atoms with Crippen molar-refractivity contribution in [3.63, 3.8) is 0 Å². The number of furan rings is 1. The fraction of sp³-hybridized carbons (Fsp3) is 0.207. The lowest BCUT2D eigenvalue weighted by molar-refractivity contribution is 0.410. The van der Waals surface area contributed by atoms with Gasteiger partial charge in [0.2, 0.25) is 0 Å². The molecule has 0 saturated carbocycles. The van der Waals surface area contributed by atoms with Gasteiger partial charge in [-0.2, -0.15) is 0 Å². The first-order valence-corrected chi connectivity index (χ1v) is 10.4. The van der Waals surface area contributed by atoms with Gasteiger partial charge in [0.1, 0.15) is 11.2 Å². The lowest BCUT2D eigenvalue weighted by Gasteiger charge is -2.20. The van der Waals surface area contributed by atoms with E-state index in [9.17, 15) is 0 Å². The van der Waals surface area contributed by atoms with Crippen LogP contribution < -0.4 is 0 Å². The first kappa shape index (κ1) is 14.6. The van der Waals surface area contributed by atoms with E-state index in [4.69, 9.17) is 11.3 Å². The minimum Gasteiger partial charge on any atom is -0.455 e. The number of aromatic nitrogens is 1. The van der Waals surface area contributed by atoms with Crippen LogP contribution in [0.25, 0.3) is 44.3 Å². The highest BCUT2D eigenvalue weighted by atomic mass is 16.3. The Labute approximate surface area is 190 Å². The van der Waals surface area contributed by atoms with Gasteiger partial charge in [-0.05, 0) is 65.2 Å². The maximum atomic E-state index is 8.82. The molecule has 2 heteroatoms. The van der Waals surface area contributed by atoms with E-state index in [2.05, 4.69) is 23.2 Å². The first-order valence-electron chi connectivity index (χ1n) is 12.9. The summed E-state index contributed by atoms with van der Waals surface area (Å²) in [6.45, 7) is 2.81. The van der Waals surface area contributed by atoms with Crippen molar-refractivity contribution in [1.82, 2.24) is 4.98 Å². The van der Waals surface area contributed by atoms with Crippen LogP contribution in [-0.4, -0.2) is 4.98 Å². The topological polar surface area (TPSA) is 26.0 Å². The molecule has 31 heavy (non-hydrogen) atoms. The molecule has 3 aromatic carbocycles. The molecule has 0 saturated heterocycles. The summed E-state index contributed by atoms with van der Waals surface area (Å²) in [5.41, 5.74) is 3.89. The number of hydrogen-bond donors (Lipinski definition) is 0. The van der Waals surface area contributed by atoms with E-state index in [0.29, 0.717) is 16.8 Å². The second-order valence-electron chi connectivity index (χ2n) is 8.85. The summed E-state index contributed by atoms with van der Waals surface area (Å²) in [5.74, 6) is 0. The lowest BCUT2D eigenvalue weighted by atomic mass is 9.86. The summed E-state index contributed by atoms with van der Waals surface area (Å²) in [4.78, 5) is 4.47. The van der Waals surface area contributed by atoms with Gasteiger partial charge in [0.15, 0.2) is 0 Å². The van der Waals surface area contributed by atoms with Gasteiger partial charge in [-0.1, -0.05) is 69.3 Å². The molecule has 0 aliphatic carbocycles. The molecule has 0 N–H and O–H groups in total. The Balaban J connectivity index is 1.72. The van der Waals surface area contributed by atoms with E-state index in [1.807, 2.05) is 48.5 Å². The molecular weight excluding hydrogens is 378 g/mol. The monoisotopic (exact) mass is 410 g/mol. The zero-order valence-electron chi connectivity index (χ0n) is 22.9. The van der Waals surface area contributed by atoms with Gasteiger partial charge in [0.05, 0.1) is 5.69 Å². The predicted octanol–water partition coefficient (Wildman–Crippen LogP) is 8.21.